The van der Waals surface area contributed by atoms with E-state index in [4.69, 9.17) is 37.6 Å². The van der Waals surface area contributed by atoms with Crippen LogP contribution in [0.5, 0.6) is 28.7 Å². The van der Waals surface area contributed by atoms with Crippen molar-refractivity contribution in [3.63, 3.8) is 0 Å². The molecule has 0 radical (unpaired) electrons. The Hall–Kier alpha value is -3.87. The Kier molecular flexibility index (Phi) is 11.6. The Bertz CT molecular complexity index is 1850. The number of phenolic OH excluding ortho intramolecular Hbond substituents is 3. The van der Waals surface area contributed by atoms with Gasteiger partial charge in [-0.1, -0.05) is 0 Å². The molecule has 0 aliphatic carbocycles. The van der Waals surface area contributed by atoms with E-state index >= 15 is 0 Å². The summed E-state index contributed by atoms with van der Waals surface area (Å²) < 4.78 is 45.6. The van der Waals surface area contributed by atoms with Gasteiger partial charge in [0.2, 0.25) is 17.5 Å². The van der Waals surface area contributed by atoms with Crippen LogP contribution < -0.4 is 14.9 Å². The molecule has 3 aliphatic heterocycles. The van der Waals surface area contributed by atoms with E-state index in [2.05, 4.69) is 0 Å². The highest BCUT2D eigenvalue weighted by atomic mass is 16.8. The van der Waals surface area contributed by atoms with E-state index in [-0.39, 0.29) is 28.4 Å². The fraction of sp³-hybridized carbons (Fsp3) is 0.559. The van der Waals surface area contributed by atoms with Crippen LogP contribution in [0.25, 0.3) is 22.3 Å². The molecule has 0 amide bonds. The number of aliphatic hydroxyl groups is 8. The van der Waals surface area contributed by atoms with Gasteiger partial charge in [-0.05, 0) is 32.0 Å². The van der Waals surface area contributed by atoms with Crippen molar-refractivity contribution in [3.05, 3.63) is 40.6 Å². The van der Waals surface area contributed by atoms with E-state index < -0.39 is 127 Å². The molecule has 6 rings (SSSR count). The van der Waals surface area contributed by atoms with Crippen molar-refractivity contribution < 1.29 is 93.7 Å². The van der Waals surface area contributed by atoms with Gasteiger partial charge in [-0.3, -0.25) is 4.79 Å². The average molecular weight is 771 g/mol. The lowest BCUT2D eigenvalue weighted by Gasteiger charge is -2.46. The quantitative estimate of drug-likeness (QED) is 0.107. The smallest absolute Gasteiger partial charge is 0.239 e. The fourth-order valence-electron chi connectivity index (χ4n) is 6.40. The van der Waals surface area contributed by atoms with Crippen molar-refractivity contribution in [3.8, 4) is 40.1 Å². The molecule has 0 unspecified atom stereocenters. The molecule has 3 aromatic rings. The topological polar surface area (TPSA) is 317 Å². The normalized spacial score (nSPS) is 37.3. The minimum atomic E-state index is -2.02. The van der Waals surface area contributed by atoms with E-state index in [9.17, 15) is 61.0 Å². The molecule has 2 aromatic carbocycles. The van der Waals surface area contributed by atoms with E-state index in [1.54, 1.807) is 0 Å². The van der Waals surface area contributed by atoms with Crippen LogP contribution in [-0.4, -0.2) is 162 Å². The Balaban J connectivity index is 1.41. The first-order valence-electron chi connectivity index (χ1n) is 16.8. The molecule has 54 heavy (non-hydrogen) atoms. The molecule has 0 bridgehead atoms. The second kappa shape index (κ2) is 15.7. The molecule has 3 saturated heterocycles. The van der Waals surface area contributed by atoms with Crippen molar-refractivity contribution >= 4 is 11.0 Å². The highest BCUT2D eigenvalue weighted by Gasteiger charge is 2.52. The SMILES string of the molecule is COc1cc(-c2oc3cc(O)cc(O)c3c(=O)c2O[C@H]2O[C@H](CO[C@@H]3O[C@@H](C)[C@H](O)[C@@H](O)[C@H]3O)[C@@H](O)[C@H](O)[C@H]2O[C@H]2O[C@@H](C)[C@H](O)[C@@H](O)[C@H]2O)ccc1O. The van der Waals surface area contributed by atoms with Gasteiger partial charge in [0.15, 0.2) is 35.9 Å². The lowest BCUT2D eigenvalue weighted by atomic mass is 9.97. The van der Waals surface area contributed by atoms with Gasteiger partial charge in [-0.15, -0.1) is 0 Å². The molecule has 4 heterocycles. The van der Waals surface area contributed by atoms with E-state index in [0.717, 1.165) is 12.1 Å². The van der Waals surface area contributed by atoms with Gasteiger partial charge >= 0.3 is 0 Å². The summed E-state index contributed by atoms with van der Waals surface area (Å²) in [6.07, 6.45) is -24.9. The summed E-state index contributed by atoms with van der Waals surface area (Å²) in [4.78, 5) is 14.2. The molecular weight excluding hydrogens is 728 g/mol. The van der Waals surface area contributed by atoms with Crippen LogP contribution in [0.1, 0.15) is 13.8 Å². The predicted octanol–water partition coefficient (Wildman–Crippen LogP) is -2.53. The van der Waals surface area contributed by atoms with Crippen LogP contribution in [0.3, 0.4) is 0 Å². The highest BCUT2D eigenvalue weighted by Crippen LogP contribution is 2.40. The maximum atomic E-state index is 14.2. The van der Waals surface area contributed by atoms with Gasteiger partial charge in [0.25, 0.3) is 0 Å². The third-order valence-electron chi connectivity index (χ3n) is 9.57. The number of hydrogen-bond donors (Lipinski definition) is 11. The number of ether oxygens (including phenoxy) is 7. The zero-order chi connectivity index (χ0) is 39.3. The molecule has 20 nitrogen and oxygen atoms in total. The molecule has 3 fully saturated rings. The van der Waals surface area contributed by atoms with E-state index in [1.807, 2.05) is 0 Å². The van der Waals surface area contributed by atoms with E-state index in [1.165, 1.54) is 39.2 Å². The predicted molar refractivity (Wildman–Crippen MR) is 176 cm³/mol. The summed E-state index contributed by atoms with van der Waals surface area (Å²) in [5.41, 5.74) is -1.31. The first kappa shape index (κ1) is 39.8. The number of benzene rings is 2. The fourth-order valence-corrected chi connectivity index (χ4v) is 6.40. The molecule has 0 saturated carbocycles. The lowest BCUT2D eigenvalue weighted by Crippen LogP contribution is -2.65. The monoisotopic (exact) mass is 770 g/mol. The number of hydrogen-bond acceptors (Lipinski definition) is 20. The molecule has 298 valence electrons. The maximum Gasteiger partial charge on any atom is 0.239 e. The van der Waals surface area contributed by atoms with Gasteiger partial charge in [-0.2, -0.15) is 0 Å². The zero-order valence-corrected chi connectivity index (χ0v) is 28.8. The standard InChI is InChI=1S/C34H42O20/c1-10-20(38)24(42)27(45)32(49-10)48-9-18-22(40)26(44)31(54-33-28(46)25(43)21(39)11(2)50-33)34(52-18)53-30-23(41)19-15(37)7-13(35)8-17(19)51-29(30)12-4-5-14(36)16(6-12)47-3/h4-8,10-11,18,20-22,24-28,31-40,42-46H,9H2,1-3H3/t10-,11-,18+,20-,21-,22+,24+,25+,26-,27+,28+,31+,32+,33+,34+/m0/s1. The first-order chi connectivity index (χ1) is 25.5. The van der Waals surface area contributed by atoms with Crippen LogP contribution in [0.4, 0.5) is 0 Å². The largest absolute Gasteiger partial charge is 0.508 e. The van der Waals surface area contributed by atoms with Gasteiger partial charge in [0.1, 0.15) is 77.4 Å². The second-order valence-corrected chi connectivity index (χ2v) is 13.3. The summed E-state index contributed by atoms with van der Waals surface area (Å²) in [6, 6.07) is 5.69. The third kappa shape index (κ3) is 7.41. The summed E-state index contributed by atoms with van der Waals surface area (Å²) in [5, 5.41) is 115. The van der Waals surface area contributed by atoms with Crippen LogP contribution >= 0.6 is 0 Å². The number of fused-ring (bicyclic) bond motifs is 1. The van der Waals surface area contributed by atoms with Crippen LogP contribution in [0.2, 0.25) is 0 Å². The Morgan fingerprint density at radius 2 is 1.31 bits per heavy atom. The van der Waals surface area contributed by atoms with Crippen molar-refractivity contribution in [1.29, 1.82) is 0 Å². The molecular formula is C34H42O20. The lowest BCUT2D eigenvalue weighted by molar-refractivity contribution is -0.360. The number of methoxy groups -OCH3 is 1. The van der Waals surface area contributed by atoms with E-state index in [0.29, 0.717) is 0 Å². The van der Waals surface area contributed by atoms with Crippen molar-refractivity contribution in [2.24, 2.45) is 0 Å². The Labute approximate surface area is 305 Å². The van der Waals surface area contributed by atoms with Crippen LogP contribution in [-0.2, 0) is 23.7 Å². The summed E-state index contributed by atoms with van der Waals surface area (Å²) in [6.45, 7) is 2.09. The van der Waals surface area contributed by atoms with Crippen molar-refractivity contribution in [2.75, 3.05) is 13.7 Å². The number of phenols is 3. The molecule has 0 spiro atoms. The Morgan fingerprint density at radius 1 is 0.685 bits per heavy atom. The van der Waals surface area contributed by atoms with Crippen molar-refractivity contribution in [2.45, 2.75) is 106 Å². The molecule has 15 atom stereocenters. The minimum absolute atomic E-state index is 0.0468. The number of aromatic hydroxyl groups is 3. The number of aliphatic hydroxyl groups excluding tert-OH is 8. The summed E-state index contributed by atoms with van der Waals surface area (Å²) in [5.74, 6) is -2.63. The van der Waals surface area contributed by atoms with Crippen LogP contribution in [0, 0.1) is 0 Å². The molecule has 20 heteroatoms. The number of rotatable bonds is 9. The first-order valence-corrected chi connectivity index (χ1v) is 16.8. The van der Waals surface area contributed by atoms with Gasteiger partial charge in [0, 0.05) is 17.7 Å². The minimum Gasteiger partial charge on any atom is -0.508 e. The van der Waals surface area contributed by atoms with Crippen LogP contribution in [0.15, 0.2) is 39.5 Å². The molecule has 1 aromatic heterocycles. The third-order valence-corrected chi connectivity index (χ3v) is 9.57. The Morgan fingerprint density at radius 3 is 1.96 bits per heavy atom. The van der Waals surface area contributed by atoms with Crippen molar-refractivity contribution in [1.82, 2.24) is 0 Å². The summed E-state index contributed by atoms with van der Waals surface area (Å²) >= 11 is 0. The van der Waals surface area contributed by atoms with Gasteiger partial charge in [0.05, 0.1) is 25.9 Å². The average Bonchev–Trinajstić information content (AvgIpc) is 3.13. The zero-order valence-electron chi connectivity index (χ0n) is 28.8. The second-order valence-electron chi connectivity index (χ2n) is 13.3. The summed E-state index contributed by atoms with van der Waals surface area (Å²) in [7, 11) is 1.26. The molecule has 3 aliphatic rings. The molecule has 11 N–H and O–H groups in total. The van der Waals surface area contributed by atoms with Gasteiger partial charge in [-0.25, -0.2) is 0 Å². The highest BCUT2D eigenvalue weighted by molar-refractivity contribution is 5.88. The maximum absolute atomic E-state index is 14.2. The van der Waals surface area contributed by atoms with Gasteiger partial charge < -0.3 is 93.7 Å².